The third-order valence-corrected chi connectivity index (χ3v) is 4.51. The van der Waals surface area contributed by atoms with Crippen LogP contribution in [0.2, 0.25) is 0 Å². The van der Waals surface area contributed by atoms with Crippen LogP contribution in [0.4, 0.5) is 0 Å². The fraction of sp³-hybridized carbons (Fsp3) is 0.200. The Balaban J connectivity index is 1.78. The lowest BCUT2D eigenvalue weighted by Crippen LogP contribution is -2.11. The summed E-state index contributed by atoms with van der Waals surface area (Å²) in [7, 11) is 0. The Morgan fingerprint density at radius 3 is 2.69 bits per heavy atom. The lowest BCUT2D eigenvalue weighted by molar-refractivity contribution is 0.1000. The molecule has 0 bridgehead atoms. The minimum Gasteiger partial charge on any atom is -0.438 e. The Hall–Kier alpha value is -3.28. The zero-order valence-electron chi connectivity index (χ0n) is 14.4. The number of primary amides is 1. The number of carbonyl (C=O) groups excluding carboxylic acids is 1. The van der Waals surface area contributed by atoms with Gasteiger partial charge in [0.25, 0.3) is 0 Å². The third-order valence-electron chi connectivity index (χ3n) is 4.51. The first-order valence-corrected chi connectivity index (χ1v) is 8.50. The molecule has 26 heavy (non-hydrogen) atoms. The number of aryl methyl sites for hydroxylation is 2. The van der Waals surface area contributed by atoms with Crippen molar-refractivity contribution in [2.24, 2.45) is 5.73 Å². The topological polar surface area (TPSA) is 91.0 Å². The van der Waals surface area contributed by atoms with Crippen molar-refractivity contribution < 1.29 is 9.53 Å². The number of hydrogen-bond acceptors (Lipinski definition) is 5. The van der Waals surface area contributed by atoms with Crippen molar-refractivity contribution in [3.63, 3.8) is 0 Å². The van der Waals surface area contributed by atoms with Crippen LogP contribution < -0.4 is 10.5 Å². The first-order valence-electron chi connectivity index (χ1n) is 8.50. The molecule has 6 heteroatoms. The van der Waals surface area contributed by atoms with E-state index in [-0.39, 0.29) is 0 Å². The predicted octanol–water partition coefficient (Wildman–Crippen LogP) is 3.23. The number of ether oxygens (including phenoxy) is 1. The minimum absolute atomic E-state index is 0.408. The van der Waals surface area contributed by atoms with Crippen molar-refractivity contribution in [2.45, 2.75) is 26.2 Å². The second-order valence-electron chi connectivity index (χ2n) is 6.31. The number of pyridine rings is 1. The van der Waals surface area contributed by atoms with Crippen molar-refractivity contribution in [1.82, 2.24) is 15.0 Å². The van der Waals surface area contributed by atoms with E-state index in [1.165, 1.54) is 0 Å². The zero-order chi connectivity index (χ0) is 18.1. The van der Waals surface area contributed by atoms with Gasteiger partial charge in [-0.2, -0.15) is 4.98 Å². The van der Waals surface area contributed by atoms with Gasteiger partial charge in [-0.25, -0.2) is 4.98 Å². The number of nitrogens with two attached hydrogens (primary N) is 1. The van der Waals surface area contributed by atoms with Crippen LogP contribution in [-0.4, -0.2) is 20.9 Å². The SMILES string of the molecule is Cc1ccc(C(N)=O)cc1Oc1nc(-c2ccncc2)nc2c1CCC2. The molecular weight excluding hydrogens is 328 g/mol. The molecule has 1 aromatic carbocycles. The molecule has 130 valence electrons. The van der Waals surface area contributed by atoms with Crippen molar-refractivity contribution in [2.75, 3.05) is 0 Å². The number of amides is 1. The van der Waals surface area contributed by atoms with Crippen LogP contribution in [0.5, 0.6) is 11.6 Å². The van der Waals surface area contributed by atoms with Crippen molar-refractivity contribution in [3.8, 4) is 23.0 Å². The first-order chi connectivity index (χ1) is 12.6. The number of nitrogens with zero attached hydrogens (tertiary/aromatic N) is 3. The molecule has 0 atom stereocenters. The molecule has 2 N–H and O–H groups in total. The Bertz CT molecular complexity index is 987. The van der Waals surface area contributed by atoms with Gasteiger partial charge in [0, 0.05) is 29.1 Å². The zero-order valence-corrected chi connectivity index (χ0v) is 14.4. The first kappa shape index (κ1) is 16.2. The summed E-state index contributed by atoms with van der Waals surface area (Å²) in [6, 6.07) is 8.92. The Kier molecular flexibility index (Phi) is 4.08. The highest BCUT2D eigenvalue weighted by atomic mass is 16.5. The average Bonchev–Trinajstić information content (AvgIpc) is 3.13. The Morgan fingerprint density at radius 1 is 1.12 bits per heavy atom. The van der Waals surface area contributed by atoms with Crippen molar-refractivity contribution in [3.05, 3.63) is 65.1 Å². The van der Waals surface area contributed by atoms with Crippen LogP contribution in [0.3, 0.4) is 0 Å². The molecule has 0 aliphatic heterocycles. The highest BCUT2D eigenvalue weighted by Gasteiger charge is 2.22. The maximum absolute atomic E-state index is 11.5. The van der Waals surface area contributed by atoms with Gasteiger partial charge in [-0.3, -0.25) is 9.78 Å². The molecule has 1 amide bonds. The van der Waals surface area contributed by atoms with Gasteiger partial charge in [-0.05, 0) is 56.0 Å². The van der Waals surface area contributed by atoms with Crippen LogP contribution in [-0.2, 0) is 12.8 Å². The monoisotopic (exact) mass is 346 g/mol. The largest absolute Gasteiger partial charge is 0.438 e. The summed E-state index contributed by atoms with van der Waals surface area (Å²) in [5, 5.41) is 0. The lowest BCUT2D eigenvalue weighted by atomic mass is 10.1. The maximum Gasteiger partial charge on any atom is 0.248 e. The fourth-order valence-corrected chi connectivity index (χ4v) is 3.08. The lowest BCUT2D eigenvalue weighted by Gasteiger charge is -2.13. The number of carbonyl (C=O) groups is 1. The van der Waals surface area contributed by atoms with E-state index >= 15 is 0 Å². The number of hydrogen-bond donors (Lipinski definition) is 1. The van der Waals surface area contributed by atoms with E-state index in [0.29, 0.717) is 23.0 Å². The summed E-state index contributed by atoms with van der Waals surface area (Å²) in [6.07, 6.45) is 6.25. The van der Waals surface area contributed by atoms with Crippen molar-refractivity contribution >= 4 is 5.91 Å². The summed E-state index contributed by atoms with van der Waals surface area (Å²) in [6.45, 7) is 1.92. The maximum atomic E-state index is 11.5. The molecular formula is C20H18N4O2. The smallest absolute Gasteiger partial charge is 0.248 e. The number of fused-ring (bicyclic) bond motifs is 1. The summed E-state index contributed by atoms with van der Waals surface area (Å²) < 4.78 is 6.13. The van der Waals surface area contributed by atoms with E-state index in [9.17, 15) is 4.79 Å². The molecule has 0 saturated carbocycles. The van der Waals surface area contributed by atoms with Gasteiger partial charge in [0.1, 0.15) is 5.75 Å². The van der Waals surface area contributed by atoms with Crippen LogP contribution in [0.1, 0.15) is 33.6 Å². The molecule has 0 fully saturated rings. The van der Waals surface area contributed by atoms with E-state index in [1.54, 1.807) is 24.5 Å². The molecule has 0 unspecified atom stereocenters. The molecule has 0 radical (unpaired) electrons. The van der Waals surface area contributed by atoms with Gasteiger partial charge in [0.2, 0.25) is 11.8 Å². The predicted molar refractivity (Wildman–Crippen MR) is 97.1 cm³/mol. The highest BCUT2D eigenvalue weighted by Crippen LogP contribution is 2.34. The molecule has 6 nitrogen and oxygen atoms in total. The second kappa shape index (κ2) is 6.55. The summed E-state index contributed by atoms with van der Waals surface area (Å²) in [5.41, 5.74) is 9.65. The standard InChI is InChI=1S/C20H18N4O2/c1-12-5-6-14(18(21)25)11-17(12)26-20-15-3-2-4-16(15)23-19(24-20)13-7-9-22-10-8-13/h5-11H,2-4H2,1H3,(H2,21,25). The molecule has 2 heterocycles. The molecule has 3 aromatic rings. The number of benzene rings is 1. The van der Waals surface area contributed by atoms with Gasteiger partial charge in [0.15, 0.2) is 5.82 Å². The third kappa shape index (κ3) is 3.01. The highest BCUT2D eigenvalue weighted by molar-refractivity contribution is 5.93. The molecule has 4 rings (SSSR count). The van der Waals surface area contributed by atoms with Crippen LogP contribution >= 0.6 is 0 Å². The summed E-state index contributed by atoms with van der Waals surface area (Å²) in [4.78, 5) is 24.9. The second-order valence-corrected chi connectivity index (χ2v) is 6.31. The van der Waals surface area contributed by atoms with Gasteiger partial charge >= 0.3 is 0 Å². The number of rotatable bonds is 4. The average molecular weight is 346 g/mol. The van der Waals surface area contributed by atoms with E-state index in [0.717, 1.165) is 41.6 Å². The van der Waals surface area contributed by atoms with Gasteiger partial charge in [-0.15, -0.1) is 0 Å². The van der Waals surface area contributed by atoms with Gasteiger partial charge < -0.3 is 10.5 Å². The van der Waals surface area contributed by atoms with Gasteiger partial charge in [0.05, 0.1) is 5.69 Å². The van der Waals surface area contributed by atoms with E-state index in [4.69, 9.17) is 15.5 Å². The normalized spacial score (nSPS) is 12.7. The quantitative estimate of drug-likeness (QED) is 0.783. The van der Waals surface area contributed by atoms with Gasteiger partial charge in [-0.1, -0.05) is 6.07 Å². The molecule has 1 aliphatic carbocycles. The summed E-state index contributed by atoms with van der Waals surface area (Å²) >= 11 is 0. The molecule has 0 saturated heterocycles. The number of aromatic nitrogens is 3. The van der Waals surface area contributed by atoms with E-state index in [1.807, 2.05) is 25.1 Å². The Morgan fingerprint density at radius 2 is 1.92 bits per heavy atom. The van der Waals surface area contributed by atoms with Crippen LogP contribution in [0, 0.1) is 6.92 Å². The van der Waals surface area contributed by atoms with Crippen LogP contribution in [0.25, 0.3) is 11.4 Å². The molecule has 2 aromatic heterocycles. The minimum atomic E-state index is -0.486. The molecule has 1 aliphatic rings. The van der Waals surface area contributed by atoms with E-state index < -0.39 is 5.91 Å². The fourth-order valence-electron chi connectivity index (χ4n) is 3.08. The molecule has 0 spiro atoms. The Labute approximate surface area is 151 Å². The van der Waals surface area contributed by atoms with Crippen molar-refractivity contribution in [1.29, 1.82) is 0 Å². The van der Waals surface area contributed by atoms with E-state index in [2.05, 4.69) is 9.97 Å². The van der Waals surface area contributed by atoms with Crippen LogP contribution in [0.15, 0.2) is 42.7 Å². The summed E-state index contributed by atoms with van der Waals surface area (Å²) in [5.74, 6) is 1.26.